The van der Waals surface area contributed by atoms with Gasteiger partial charge in [0.05, 0.1) is 19.3 Å². The summed E-state index contributed by atoms with van der Waals surface area (Å²) in [7, 11) is 0. The molecule has 7 heteroatoms. The maximum Gasteiger partial charge on any atom is 0.180 e. The lowest BCUT2D eigenvalue weighted by Gasteiger charge is -2.33. The Morgan fingerprint density at radius 3 is 2.84 bits per heavy atom. The van der Waals surface area contributed by atoms with Gasteiger partial charge >= 0.3 is 0 Å². The van der Waals surface area contributed by atoms with Gasteiger partial charge in [0.25, 0.3) is 0 Å². The summed E-state index contributed by atoms with van der Waals surface area (Å²) in [4.78, 5) is 5.60. The zero-order chi connectivity index (χ0) is 17.9. The second-order valence-electron chi connectivity index (χ2n) is 6.35. The van der Waals surface area contributed by atoms with Crippen LogP contribution in [-0.4, -0.2) is 47.1 Å². The highest BCUT2D eigenvalue weighted by Crippen LogP contribution is 2.38. The fraction of sp³-hybridized carbons (Fsp3) is 0.500. The van der Waals surface area contributed by atoms with E-state index in [2.05, 4.69) is 4.99 Å². The van der Waals surface area contributed by atoms with Gasteiger partial charge in [0.15, 0.2) is 11.7 Å². The van der Waals surface area contributed by atoms with E-state index in [-0.39, 0.29) is 25.2 Å². The minimum absolute atomic E-state index is 0.102. The minimum Gasteiger partial charge on any atom is -0.393 e. The molecule has 0 spiro atoms. The Kier molecular flexibility index (Phi) is 5.36. The minimum atomic E-state index is -0.809. The summed E-state index contributed by atoms with van der Waals surface area (Å²) < 4.78 is 25.9. The number of nitrogens with two attached hydrogens (primary N) is 1. The highest BCUT2D eigenvalue weighted by Gasteiger charge is 2.49. The van der Waals surface area contributed by atoms with Crippen molar-refractivity contribution in [2.75, 3.05) is 13.3 Å². The maximum absolute atomic E-state index is 13.7. The van der Waals surface area contributed by atoms with Crippen molar-refractivity contribution in [1.29, 1.82) is 0 Å². The monoisotopic (exact) mass is 349 g/mol. The van der Waals surface area contributed by atoms with Crippen molar-refractivity contribution >= 4 is 5.84 Å². The quantitative estimate of drug-likeness (QED) is 0.820. The summed E-state index contributed by atoms with van der Waals surface area (Å²) in [6.45, 7) is 2.43. The van der Waals surface area contributed by atoms with Crippen molar-refractivity contribution in [2.24, 2.45) is 10.7 Å². The Labute approximate surface area is 146 Å². The largest absolute Gasteiger partial charge is 0.393 e. The number of hydrogen-bond acceptors (Lipinski definition) is 6. The number of hydrogen-bond donors (Lipinski definition) is 2. The van der Waals surface area contributed by atoms with Crippen LogP contribution in [0, 0.1) is 0 Å². The fourth-order valence-electron chi connectivity index (χ4n) is 3.21. The molecule has 1 saturated heterocycles. The Bertz CT molecular complexity index is 646. The van der Waals surface area contributed by atoms with Crippen LogP contribution in [0.5, 0.6) is 0 Å². The van der Waals surface area contributed by atoms with Crippen LogP contribution in [0.1, 0.15) is 25.3 Å². The van der Waals surface area contributed by atoms with Crippen molar-refractivity contribution in [1.82, 2.24) is 4.90 Å². The van der Waals surface area contributed by atoms with Crippen LogP contribution in [-0.2, 0) is 16.1 Å². The molecule has 2 aliphatic rings. The summed E-state index contributed by atoms with van der Waals surface area (Å²) in [5.41, 5.74) is 5.70. The van der Waals surface area contributed by atoms with E-state index in [0.717, 1.165) is 5.56 Å². The molecule has 3 rings (SSSR count). The van der Waals surface area contributed by atoms with E-state index in [1.807, 2.05) is 37.3 Å². The van der Waals surface area contributed by atoms with Crippen molar-refractivity contribution in [3.63, 3.8) is 0 Å². The summed E-state index contributed by atoms with van der Waals surface area (Å²) in [6, 6.07) is 9.83. The van der Waals surface area contributed by atoms with Gasteiger partial charge in [-0.05, 0) is 12.0 Å². The van der Waals surface area contributed by atoms with E-state index < -0.39 is 17.7 Å². The molecule has 0 aliphatic carbocycles. The standard InChI is InChI=1S/C18H24FN3O3/c1-2-18(11-23)15(24-10-13-6-4-3-5-7-13)8-16(25-18)22-9-14(19)17(20)21-12-22/h3-7,9,15-16,23H,2,8,10-12H2,1H3,(H2,20,21)/t15-,16+,18+/m0/s1. The molecule has 0 saturated carbocycles. The molecule has 2 heterocycles. The number of ether oxygens (including phenoxy) is 2. The number of rotatable bonds is 6. The topological polar surface area (TPSA) is 80.3 Å². The van der Waals surface area contributed by atoms with Crippen LogP contribution < -0.4 is 5.73 Å². The fourth-order valence-corrected chi connectivity index (χ4v) is 3.21. The average molecular weight is 349 g/mol. The zero-order valence-electron chi connectivity index (χ0n) is 14.3. The van der Waals surface area contributed by atoms with Crippen LogP contribution in [0.4, 0.5) is 4.39 Å². The molecule has 0 unspecified atom stereocenters. The van der Waals surface area contributed by atoms with Crippen LogP contribution in [0.2, 0.25) is 0 Å². The second-order valence-corrected chi connectivity index (χ2v) is 6.35. The third-order valence-electron chi connectivity index (χ3n) is 4.83. The number of benzene rings is 1. The smallest absolute Gasteiger partial charge is 0.180 e. The van der Waals surface area contributed by atoms with Gasteiger partial charge in [-0.15, -0.1) is 0 Å². The third-order valence-corrected chi connectivity index (χ3v) is 4.83. The molecular formula is C18H24FN3O3. The Morgan fingerprint density at radius 1 is 1.44 bits per heavy atom. The van der Waals surface area contributed by atoms with E-state index in [4.69, 9.17) is 15.2 Å². The number of aliphatic hydroxyl groups is 1. The molecule has 1 aromatic carbocycles. The van der Waals surface area contributed by atoms with Crippen LogP contribution in [0.25, 0.3) is 0 Å². The van der Waals surface area contributed by atoms with Crippen LogP contribution in [0.3, 0.4) is 0 Å². The maximum atomic E-state index is 13.7. The van der Waals surface area contributed by atoms with Gasteiger partial charge in [-0.1, -0.05) is 37.3 Å². The lowest BCUT2D eigenvalue weighted by molar-refractivity contribution is -0.152. The number of halogens is 1. The number of nitrogens with zero attached hydrogens (tertiary/aromatic N) is 2. The van der Waals surface area contributed by atoms with E-state index >= 15 is 0 Å². The molecular weight excluding hydrogens is 325 g/mol. The molecule has 2 aliphatic heterocycles. The first kappa shape index (κ1) is 17.8. The van der Waals surface area contributed by atoms with E-state index in [1.165, 1.54) is 6.20 Å². The van der Waals surface area contributed by atoms with Crippen LogP contribution >= 0.6 is 0 Å². The van der Waals surface area contributed by atoms with Gasteiger partial charge in [-0.3, -0.25) is 0 Å². The van der Waals surface area contributed by atoms with Crippen molar-refractivity contribution in [2.45, 2.75) is 44.3 Å². The summed E-state index contributed by atoms with van der Waals surface area (Å²) in [5, 5.41) is 9.93. The Morgan fingerprint density at radius 2 is 2.20 bits per heavy atom. The molecule has 1 fully saturated rings. The van der Waals surface area contributed by atoms with Gasteiger partial charge in [-0.2, -0.15) is 0 Å². The zero-order valence-corrected chi connectivity index (χ0v) is 14.3. The highest BCUT2D eigenvalue weighted by atomic mass is 19.1. The molecule has 25 heavy (non-hydrogen) atoms. The number of aliphatic hydroxyl groups excluding tert-OH is 1. The predicted octanol–water partition coefficient (Wildman–Crippen LogP) is 1.90. The molecule has 0 aromatic heterocycles. The van der Waals surface area contributed by atoms with E-state index in [0.29, 0.717) is 19.4 Å². The highest BCUT2D eigenvalue weighted by molar-refractivity contribution is 5.95. The average Bonchev–Trinajstić information content (AvgIpc) is 3.02. The summed E-state index contributed by atoms with van der Waals surface area (Å²) in [5.74, 6) is -0.676. The Hall–Kier alpha value is -1.96. The van der Waals surface area contributed by atoms with Gasteiger partial charge in [0.1, 0.15) is 18.5 Å². The first-order chi connectivity index (χ1) is 12.1. The van der Waals surface area contributed by atoms with Crippen molar-refractivity contribution in [3.05, 3.63) is 47.9 Å². The SMILES string of the molecule is CC[C@]1(CO)O[C@@H](N2C=C(F)C(N)=NC2)C[C@@H]1OCc1ccccc1. The molecule has 136 valence electrons. The predicted molar refractivity (Wildman–Crippen MR) is 92.1 cm³/mol. The molecule has 1 aromatic rings. The van der Waals surface area contributed by atoms with Crippen molar-refractivity contribution < 1.29 is 19.0 Å². The Balaban J connectivity index is 1.71. The molecule has 0 amide bonds. The first-order valence-corrected chi connectivity index (χ1v) is 8.45. The molecule has 6 nitrogen and oxygen atoms in total. The molecule has 0 bridgehead atoms. The molecule has 3 N–H and O–H groups in total. The van der Waals surface area contributed by atoms with Crippen LogP contribution in [0.15, 0.2) is 47.4 Å². The van der Waals surface area contributed by atoms with Gasteiger partial charge in [0.2, 0.25) is 0 Å². The van der Waals surface area contributed by atoms with E-state index in [1.54, 1.807) is 4.90 Å². The lowest BCUT2D eigenvalue weighted by Crippen LogP contribution is -2.44. The molecule has 0 radical (unpaired) electrons. The second kappa shape index (κ2) is 7.51. The third kappa shape index (κ3) is 3.68. The number of amidine groups is 1. The van der Waals surface area contributed by atoms with Gasteiger partial charge < -0.3 is 25.2 Å². The first-order valence-electron chi connectivity index (χ1n) is 8.45. The summed E-state index contributed by atoms with van der Waals surface area (Å²) >= 11 is 0. The summed E-state index contributed by atoms with van der Waals surface area (Å²) in [6.07, 6.45) is 1.69. The van der Waals surface area contributed by atoms with Crippen molar-refractivity contribution in [3.8, 4) is 0 Å². The normalized spacial score (nSPS) is 29.5. The van der Waals surface area contributed by atoms with E-state index in [9.17, 15) is 9.50 Å². The molecule has 3 atom stereocenters. The van der Waals surface area contributed by atoms with Gasteiger partial charge in [0, 0.05) is 12.6 Å². The lowest BCUT2D eigenvalue weighted by atomic mass is 9.94. The van der Waals surface area contributed by atoms with Gasteiger partial charge in [-0.25, -0.2) is 9.38 Å². The number of aliphatic imine (C=N–C) groups is 1.